The summed E-state index contributed by atoms with van der Waals surface area (Å²) in [5.41, 5.74) is 2.76. The Balaban J connectivity index is 1.54. The fourth-order valence-corrected chi connectivity index (χ4v) is 3.55. The molecule has 1 unspecified atom stereocenters. The first-order valence-electron chi connectivity index (χ1n) is 9.05. The highest BCUT2D eigenvalue weighted by Crippen LogP contribution is 2.35. The number of rotatable bonds is 4. The summed E-state index contributed by atoms with van der Waals surface area (Å²) in [5, 5.41) is 0. The molecule has 2 aromatic rings. The minimum Gasteiger partial charge on any atom is -0.478 e. The number of benzene rings is 2. The van der Waals surface area contributed by atoms with Gasteiger partial charge in [0.15, 0.2) is 6.10 Å². The molecule has 4 rings (SSSR count). The van der Waals surface area contributed by atoms with Crippen LogP contribution >= 0.6 is 0 Å². The lowest BCUT2D eigenvalue weighted by atomic mass is 10.1. The van der Waals surface area contributed by atoms with E-state index >= 15 is 0 Å². The molecule has 144 valence electrons. The Morgan fingerprint density at radius 1 is 1.07 bits per heavy atom. The lowest BCUT2D eigenvalue weighted by molar-refractivity contribution is -0.145. The van der Waals surface area contributed by atoms with Crippen LogP contribution < -0.4 is 9.64 Å². The molecular weight excluding hydrogens is 360 g/mol. The minimum absolute atomic E-state index is 0.106. The molecule has 0 fully saturated rings. The third-order valence-corrected chi connectivity index (χ3v) is 5.03. The Bertz CT molecular complexity index is 917. The normalized spacial score (nSPS) is 17.6. The maximum absolute atomic E-state index is 12.9. The Kier molecular flexibility index (Phi) is 4.73. The molecule has 0 saturated carbocycles. The molecule has 2 aromatic carbocycles. The van der Waals surface area contributed by atoms with E-state index < -0.39 is 18.0 Å². The molecule has 0 bridgehead atoms. The number of hydrogen-bond acceptors (Lipinski definition) is 5. The van der Waals surface area contributed by atoms with Gasteiger partial charge in [-0.2, -0.15) is 0 Å². The van der Waals surface area contributed by atoms with Gasteiger partial charge in [0.1, 0.15) is 12.3 Å². The number of fused-ring (bicyclic) bond motifs is 2. The Morgan fingerprint density at radius 2 is 1.71 bits per heavy atom. The molecule has 0 N–H and O–H groups in total. The van der Waals surface area contributed by atoms with Crippen molar-refractivity contribution in [2.45, 2.75) is 25.6 Å². The van der Waals surface area contributed by atoms with Gasteiger partial charge >= 0.3 is 5.97 Å². The van der Waals surface area contributed by atoms with Crippen LogP contribution in [0.3, 0.4) is 0 Å². The highest BCUT2D eigenvalue weighted by atomic mass is 16.5. The predicted molar refractivity (Wildman–Crippen MR) is 101 cm³/mol. The molecular formula is C21H20N2O5. The van der Waals surface area contributed by atoms with Crippen molar-refractivity contribution in [2.24, 2.45) is 0 Å². The van der Waals surface area contributed by atoms with E-state index in [9.17, 15) is 14.4 Å². The van der Waals surface area contributed by atoms with Crippen LogP contribution in [0, 0.1) is 0 Å². The summed E-state index contributed by atoms with van der Waals surface area (Å²) in [6, 6.07) is 14.9. The number of hydrogen-bond donors (Lipinski definition) is 0. The van der Waals surface area contributed by atoms with E-state index in [0.29, 0.717) is 24.5 Å². The predicted octanol–water partition coefficient (Wildman–Crippen LogP) is 1.89. The summed E-state index contributed by atoms with van der Waals surface area (Å²) in [6.45, 7) is 0.951. The summed E-state index contributed by atoms with van der Waals surface area (Å²) < 4.78 is 10.3. The summed E-state index contributed by atoms with van der Waals surface area (Å²) in [4.78, 5) is 40.6. The van der Waals surface area contributed by atoms with Crippen molar-refractivity contribution in [3.63, 3.8) is 0 Å². The van der Waals surface area contributed by atoms with Gasteiger partial charge in [-0.15, -0.1) is 0 Å². The maximum atomic E-state index is 12.9. The van der Waals surface area contributed by atoms with Crippen LogP contribution in [-0.4, -0.2) is 42.4 Å². The fourth-order valence-electron chi connectivity index (χ4n) is 3.55. The topological polar surface area (TPSA) is 76.2 Å². The molecule has 1 atom stereocenters. The van der Waals surface area contributed by atoms with E-state index in [-0.39, 0.29) is 18.9 Å². The van der Waals surface area contributed by atoms with Gasteiger partial charge in [0.2, 0.25) is 5.91 Å². The van der Waals surface area contributed by atoms with Gasteiger partial charge in [0, 0.05) is 13.1 Å². The quantitative estimate of drug-likeness (QED) is 0.757. The summed E-state index contributed by atoms with van der Waals surface area (Å²) in [6.07, 6.45) is -1.21. The van der Waals surface area contributed by atoms with Crippen LogP contribution in [-0.2, 0) is 32.2 Å². The first-order chi connectivity index (χ1) is 13.6. The fraction of sp³-hybridized carbons (Fsp3) is 0.286. The first kappa shape index (κ1) is 18.0. The number of ether oxygens (including phenoxy) is 2. The number of anilines is 1. The molecule has 7 heteroatoms. The summed E-state index contributed by atoms with van der Waals surface area (Å²) >= 11 is 0. The third-order valence-electron chi connectivity index (χ3n) is 5.03. The van der Waals surface area contributed by atoms with E-state index in [0.717, 1.165) is 11.1 Å². The number of carbonyl (C=O) groups is 3. The second-order valence-electron chi connectivity index (χ2n) is 6.80. The van der Waals surface area contributed by atoms with E-state index in [1.165, 1.54) is 12.0 Å². The lowest BCUT2D eigenvalue weighted by Crippen LogP contribution is -2.50. The molecule has 2 amide bonds. The molecule has 0 spiro atoms. The molecule has 2 aliphatic rings. The lowest BCUT2D eigenvalue weighted by Gasteiger charge is -2.34. The molecule has 28 heavy (non-hydrogen) atoms. The van der Waals surface area contributed by atoms with Crippen LogP contribution in [0.5, 0.6) is 5.75 Å². The van der Waals surface area contributed by atoms with E-state index in [2.05, 4.69) is 4.74 Å². The zero-order valence-corrected chi connectivity index (χ0v) is 15.5. The van der Waals surface area contributed by atoms with E-state index in [4.69, 9.17) is 4.74 Å². The maximum Gasteiger partial charge on any atom is 0.309 e. The van der Waals surface area contributed by atoms with Crippen LogP contribution in [0.1, 0.15) is 17.5 Å². The van der Waals surface area contributed by atoms with Crippen molar-refractivity contribution < 1.29 is 23.9 Å². The van der Waals surface area contributed by atoms with Crippen LogP contribution in [0.15, 0.2) is 48.5 Å². The monoisotopic (exact) mass is 380 g/mol. The average molecular weight is 380 g/mol. The van der Waals surface area contributed by atoms with Crippen molar-refractivity contribution in [1.29, 1.82) is 0 Å². The average Bonchev–Trinajstić information content (AvgIpc) is 3.15. The van der Waals surface area contributed by atoms with Gasteiger partial charge in [-0.25, -0.2) is 0 Å². The van der Waals surface area contributed by atoms with Gasteiger partial charge in [-0.1, -0.05) is 36.4 Å². The van der Waals surface area contributed by atoms with Gasteiger partial charge in [0.05, 0.1) is 19.2 Å². The number of methoxy groups -OCH3 is 1. The second kappa shape index (κ2) is 7.34. The molecule has 7 nitrogen and oxygen atoms in total. The van der Waals surface area contributed by atoms with Crippen molar-refractivity contribution in [1.82, 2.24) is 4.90 Å². The molecule has 0 radical (unpaired) electrons. The highest BCUT2D eigenvalue weighted by molar-refractivity contribution is 6.05. The van der Waals surface area contributed by atoms with Crippen LogP contribution in [0.2, 0.25) is 0 Å². The number of amides is 2. The smallest absolute Gasteiger partial charge is 0.309 e. The zero-order valence-electron chi connectivity index (χ0n) is 15.5. The zero-order chi connectivity index (χ0) is 19.7. The van der Waals surface area contributed by atoms with Crippen LogP contribution in [0.4, 0.5) is 5.69 Å². The number of nitrogens with zero attached hydrogens (tertiary/aromatic N) is 2. The van der Waals surface area contributed by atoms with Gasteiger partial charge in [0.25, 0.3) is 5.91 Å². The largest absolute Gasteiger partial charge is 0.478 e. The molecule has 0 aromatic heterocycles. The Labute approximate surface area is 162 Å². The minimum atomic E-state index is -1.01. The van der Waals surface area contributed by atoms with Crippen molar-refractivity contribution in [3.8, 4) is 5.75 Å². The van der Waals surface area contributed by atoms with E-state index in [1.807, 2.05) is 24.3 Å². The molecule has 0 aliphatic carbocycles. The molecule has 0 saturated heterocycles. The molecule has 2 heterocycles. The Hall–Kier alpha value is -3.35. The number of carbonyl (C=O) groups excluding carboxylic acids is 3. The van der Waals surface area contributed by atoms with E-state index in [1.54, 1.807) is 29.2 Å². The molecule has 2 aliphatic heterocycles. The highest BCUT2D eigenvalue weighted by Gasteiger charge is 2.38. The SMILES string of the molecule is COC(=O)CC1Oc2ccccc2N(CC(=O)N2Cc3ccccc3C2)C1=O. The second-order valence-corrected chi connectivity index (χ2v) is 6.80. The van der Waals surface area contributed by atoms with Gasteiger partial charge < -0.3 is 14.4 Å². The van der Waals surface area contributed by atoms with Gasteiger partial charge in [-0.3, -0.25) is 19.3 Å². The van der Waals surface area contributed by atoms with Crippen molar-refractivity contribution >= 4 is 23.5 Å². The third kappa shape index (κ3) is 3.31. The van der Waals surface area contributed by atoms with Crippen molar-refractivity contribution in [3.05, 3.63) is 59.7 Å². The Morgan fingerprint density at radius 3 is 2.39 bits per heavy atom. The van der Waals surface area contributed by atoms with Gasteiger partial charge in [-0.05, 0) is 23.3 Å². The number of para-hydroxylation sites is 2. The summed E-state index contributed by atoms with van der Waals surface area (Å²) in [5.74, 6) is -0.653. The van der Waals surface area contributed by atoms with Crippen molar-refractivity contribution in [2.75, 3.05) is 18.6 Å². The number of esters is 1. The first-order valence-corrected chi connectivity index (χ1v) is 9.05. The summed E-state index contributed by atoms with van der Waals surface area (Å²) in [7, 11) is 1.26. The van der Waals surface area contributed by atoms with Crippen LogP contribution in [0.25, 0.3) is 0 Å². The standard InChI is InChI=1S/C21H20N2O5/c1-27-20(25)10-18-21(26)23(16-8-4-5-9-17(16)28-18)13-19(24)22-11-14-6-2-3-7-15(14)12-22/h2-9,18H,10-13H2,1H3.